The number of hydrogen-bond donors (Lipinski definition) is 0. The number of aryl methyl sites for hydroxylation is 1. The molecule has 2 rings (SSSR count). The molecule has 0 spiro atoms. The summed E-state index contributed by atoms with van der Waals surface area (Å²) in [6.07, 6.45) is 2.61. The van der Waals surface area contributed by atoms with Crippen LogP contribution >= 0.6 is 0 Å². The third-order valence-corrected chi connectivity index (χ3v) is 3.69. The summed E-state index contributed by atoms with van der Waals surface area (Å²) in [5, 5.41) is 0. The van der Waals surface area contributed by atoms with Crippen LogP contribution in [0.5, 0.6) is 5.75 Å². The number of amides is 1. The molecule has 0 atom stereocenters. The van der Waals surface area contributed by atoms with E-state index in [0.717, 1.165) is 11.5 Å². The van der Waals surface area contributed by atoms with Gasteiger partial charge in [0.05, 0.1) is 25.5 Å². The van der Waals surface area contributed by atoms with Gasteiger partial charge in [-0.05, 0) is 18.6 Å². The molecule has 0 aliphatic carbocycles. The third kappa shape index (κ3) is 3.85. The number of carbonyl (C=O) groups excluding carboxylic acids is 1. The van der Waals surface area contributed by atoms with Gasteiger partial charge in [-0.15, -0.1) is 0 Å². The van der Waals surface area contributed by atoms with E-state index >= 15 is 0 Å². The van der Waals surface area contributed by atoms with E-state index in [0.29, 0.717) is 44.2 Å². The summed E-state index contributed by atoms with van der Waals surface area (Å²) in [6, 6.07) is 3.75. The number of fused-ring (bicyclic) bond motifs is 1. The van der Waals surface area contributed by atoms with Crippen LogP contribution in [-0.4, -0.2) is 55.9 Å². The quantitative estimate of drug-likeness (QED) is 0.655. The fourth-order valence-electron chi connectivity index (χ4n) is 2.54. The second-order valence-corrected chi connectivity index (χ2v) is 5.31. The highest BCUT2D eigenvalue weighted by Gasteiger charge is 2.22. The second-order valence-electron chi connectivity index (χ2n) is 5.31. The van der Waals surface area contributed by atoms with Crippen molar-refractivity contribution in [2.45, 2.75) is 20.3 Å². The minimum absolute atomic E-state index is 0.0470. The van der Waals surface area contributed by atoms with Crippen molar-refractivity contribution in [2.24, 2.45) is 0 Å². The van der Waals surface area contributed by atoms with Crippen LogP contribution in [0.3, 0.4) is 0 Å². The Bertz CT molecular complexity index is 684. The Labute approximate surface area is 142 Å². The highest BCUT2D eigenvalue weighted by molar-refractivity contribution is 5.92. The lowest BCUT2D eigenvalue weighted by molar-refractivity contribution is -0.116. The Hall–Kier alpha value is -2.12. The van der Waals surface area contributed by atoms with E-state index in [-0.39, 0.29) is 5.91 Å². The molecule has 2 heterocycles. The van der Waals surface area contributed by atoms with Gasteiger partial charge in [0.2, 0.25) is 5.91 Å². The smallest absolute Gasteiger partial charge is 0.225 e. The van der Waals surface area contributed by atoms with Gasteiger partial charge in [-0.2, -0.15) is 0 Å². The van der Waals surface area contributed by atoms with Crippen LogP contribution in [0.25, 0.3) is 5.65 Å². The minimum Gasteiger partial charge on any atom is -0.487 e. The van der Waals surface area contributed by atoms with E-state index in [1.165, 1.54) is 0 Å². The van der Waals surface area contributed by atoms with Gasteiger partial charge in [0, 0.05) is 27.3 Å². The molecule has 7 heteroatoms. The Morgan fingerprint density at radius 1 is 1.25 bits per heavy atom. The normalized spacial score (nSPS) is 11.0. The summed E-state index contributed by atoms with van der Waals surface area (Å²) in [4.78, 5) is 18.5. The van der Waals surface area contributed by atoms with E-state index in [9.17, 15) is 4.79 Å². The molecule has 0 unspecified atom stereocenters. The van der Waals surface area contributed by atoms with Crippen LogP contribution in [0.1, 0.15) is 19.5 Å². The molecular weight excluding hydrogens is 310 g/mol. The van der Waals surface area contributed by atoms with Gasteiger partial charge < -0.3 is 14.2 Å². The Kier molecular flexibility index (Phi) is 6.57. The lowest BCUT2D eigenvalue weighted by Crippen LogP contribution is -2.33. The van der Waals surface area contributed by atoms with Crippen LogP contribution < -0.4 is 9.64 Å². The summed E-state index contributed by atoms with van der Waals surface area (Å²) >= 11 is 0. The van der Waals surface area contributed by atoms with Crippen molar-refractivity contribution in [3.63, 3.8) is 0 Å². The SMILES string of the molecule is CCc1nc2c(OCCOC)cccn2c1N(CCOC)C(C)=O. The number of aromatic nitrogens is 2. The van der Waals surface area contributed by atoms with E-state index in [2.05, 4.69) is 4.98 Å². The monoisotopic (exact) mass is 335 g/mol. The van der Waals surface area contributed by atoms with E-state index in [4.69, 9.17) is 14.2 Å². The number of rotatable bonds is 9. The molecule has 0 bridgehead atoms. The van der Waals surface area contributed by atoms with Gasteiger partial charge in [0.1, 0.15) is 12.4 Å². The standard InChI is InChI=1S/C17H25N3O4/c1-5-14-17(19(13(2)21)9-10-22-3)20-8-6-7-15(16(20)18-14)24-12-11-23-4/h6-8H,5,9-12H2,1-4H3. The van der Waals surface area contributed by atoms with Gasteiger partial charge in [-0.25, -0.2) is 4.98 Å². The molecule has 2 aromatic heterocycles. The molecule has 0 radical (unpaired) electrons. The third-order valence-electron chi connectivity index (χ3n) is 3.69. The molecule has 1 amide bonds. The van der Waals surface area contributed by atoms with Gasteiger partial charge in [0.25, 0.3) is 0 Å². The van der Waals surface area contributed by atoms with Gasteiger partial charge in [0.15, 0.2) is 11.4 Å². The molecule has 132 valence electrons. The number of hydrogen-bond acceptors (Lipinski definition) is 5. The number of ether oxygens (including phenoxy) is 3. The predicted molar refractivity (Wildman–Crippen MR) is 91.8 cm³/mol. The van der Waals surface area contributed by atoms with Crippen LogP contribution in [0, 0.1) is 0 Å². The van der Waals surface area contributed by atoms with Crippen LogP contribution in [0.4, 0.5) is 5.82 Å². The largest absolute Gasteiger partial charge is 0.487 e. The number of pyridine rings is 1. The van der Waals surface area contributed by atoms with Crippen molar-refractivity contribution >= 4 is 17.4 Å². The average Bonchev–Trinajstić information content (AvgIpc) is 2.95. The van der Waals surface area contributed by atoms with Crippen molar-refractivity contribution < 1.29 is 19.0 Å². The highest BCUT2D eigenvalue weighted by atomic mass is 16.5. The van der Waals surface area contributed by atoms with Crippen molar-refractivity contribution in [2.75, 3.05) is 45.5 Å². The maximum absolute atomic E-state index is 12.1. The number of carbonyl (C=O) groups is 1. The summed E-state index contributed by atoms with van der Waals surface area (Å²) in [5.74, 6) is 1.40. The molecule has 0 aliphatic heterocycles. The molecule has 2 aromatic rings. The molecule has 24 heavy (non-hydrogen) atoms. The summed E-state index contributed by atoms with van der Waals surface area (Å²) < 4.78 is 17.8. The first-order valence-corrected chi connectivity index (χ1v) is 8.02. The molecule has 0 aliphatic rings. The predicted octanol–water partition coefficient (Wildman–Crippen LogP) is 1.92. The number of methoxy groups -OCH3 is 2. The second kappa shape index (κ2) is 8.65. The Morgan fingerprint density at radius 3 is 2.62 bits per heavy atom. The maximum atomic E-state index is 12.1. The van der Waals surface area contributed by atoms with Crippen molar-refractivity contribution in [1.82, 2.24) is 9.38 Å². The van der Waals surface area contributed by atoms with E-state index in [1.54, 1.807) is 26.0 Å². The molecule has 0 fully saturated rings. The lowest BCUT2D eigenvalue weighted by Gasteiger charge is -2.21. The van der Waals surface area contributed by atoms with Crippen LogP contribution in [0.2, 0.25) is 0 Å². The van der Waals surface area contributed by atoms with E-state index < -0.39 is 0 Å². The fraction of sp³-hybridized carbons (Fsp3) is 0.529. The number of anilines is 1. The van der Waals surface area contributed by atoms with Gasteiger partial charge in [-0.3, -0.25) is 14.1 Å². The van der Waals surface area contributed by atoms with Crippen LogP contribution in [0.15, 0.2) is 18.3 Å². The lowest BCUT2D eigenvalue weighted by atomic mass is 10.3. The average molecular weight is 335 g/mol. The molecule has 0 aromatic carbocycles. The van der Waals surface area contributed by atoms with Gasteiger partial charge in [-0.1, -0.05) is 6.92 Å². The number of nitrogens with zero attached hydrogens (tertiary/aromatic N) is 3. The zero-order valence-electron chi connectivity index (χ0n) is 14.7. The molecular formula is C17H25N3O4. The summed E-state index contributed by atoms with van der Waals surface area (Å²) in [5.41, 5.74) is 1.55. The molecule has 7 nitrogen and oxygen atoms in total. The number of imidazole rings is 1. The van der Waals surface area contributed by atoms with Crippen molar-refractivity contribution in [3.05, 3.63) is 24.0 Å². The molecule has 0 saturated carbocycles. The Morgan fingerprint density at radius 2 is 2.00 bits per heavy atom. The van der Waals surface area contributed by atoms with E-state index in [1.807, 2.05) is 29.7 Å². The Balaban J connectivity index is 2.48. The first-order chi connectivity index (χ1) is 11.6. The molecule has 0 saturated heterocycles. The molecule has 0 N–H and O–H groups in total. The van der Waals surface area contributed by atoms with Crippen LogP contribution in [-0.2, 0) is 20.7 Å². The first-order valence-electron chi connectivity index (χ1n) is 8.02. The zero-order valence-corrected chi connectivity index (χ0v) is 14.7. The fourth-order valence-corrected chi connectivity index (χ4v) is 2.54. The highest BCUT2D eigenvalue weighted by Crippen LogP contribution is 2.28. The first kappa shape index (κ1) is 18.2. The summed E-state index contributed by atoms with van der Waals surface area (Å²) in [7, 11) is 3.25. The topological polar surface area (TPSA) is 65.3 Å². The van der Waals surface area contributed by atoms with Crippen molar-refractivity contribution in [3.8, 4) is 5.75 Å². The van der Waals surface area contributed by atoms with Gasteiger partial charge >= 0.3 is 0 Å². The summed E-state index contributed by atoms with van der Waals surface area (Å²) in [6.45, 7) is 5.45. The maximum Gasteiger partial charge on any atom is 0.225 e. The van der Waals surface area contributed by atoms with Crippen molar-refractivity contribution in [1.29, 1.82) is 0 Å². The zero-order chi connectivity index (χ0) is 17.5. The minimum atomic E-state index is -0.0470.